The van der Waals surface area contributed by atoms with Crippen LogP contribution in [0.1, 0.15) is 69.7 Å². The summed E-state index contributed by atoms with van der Waals surface area (Å²) in [5, 5.41) is 6.02. The quantitative estimate of drug-likeness (QED) is 0.793. The number of piperidine rings is 1. The Balaban J connectivity index is 1.71. The standard InChI is InChI=1S/C18H30N2S/c1-3-6-17(18-7-5-11-21-18)20-15-8-9-16(20)13-14(12-15)19-10-4-2/h5,7,11,14-17,19H,3-4,6,8-10,12-13H2,1-2H3. The van der Waals surface area contributed by atoms with Crippen LogP contribution in [0.2, 0.25) is 0 Å². The lowest BCUT2D eigenvalue weighted by molar-refractivity contribution is 0.0660. The van der Waals surface area contributed by atoms with Crippen LogP contribution in [-0.4, -0.2) is 29.6 Å². The van der Waals surface area contributed by atoms with E-state index >= 15 is 0 Å². The molecule has 21 heavy (non-hydrogen) atoms. The van der Waals surface area contributed by atoms with Crippen molar-refractivity contribution in [2.24, 2.45) is 0 Å². The summed E-state index contributed by atoms with van der Waals surface area (Å²) in [4.78, 5) is 4.49. The van der Waals surface area contributed by atoms with Crippen molar-refractivity contribution in [2.45, 2.75) is 83.0 Å². The van der Waals surface area contributed by atoms with Gasteiger partial charge in [-0.25, -0.2) is 0 Å². The largest absolute Gasteiger partial charge is 0.314 e. The number of nitrogens with zero attached hydrogens (tertiary/aromatic N) is 1. The predicted octanol–water partition coefficient (Wildman–Crippen LogP) is 4.58. The average Bonchev–Trinajstić information content (AvgIpc) is 3.10. The van der Waals surface area contributed by atoms with Gasteiger partial charge in [-0.05, 0) is 56.5 Å². The number of nitrogens with one attached hydrogen (secondary N) is 1. The molecule has 3 heterocycles. The summed E-state index contributed by atoms with van der Waals surface area (Å²) in [5.41, 5.74) is 0. The molecule has 0 amide bonds. The second-order valence-electron chi connectivity index (χ2n) is 6.77. The summed E-state index contributed by atoms with van der Waals surface area (Å²) >= 11 is 1.95. The van der Waals surface area contributed by atoms with E-state index in [2.05, 4.69) is 41.6 Å². The molecule has 0 aliphatic carbocycles. The van der Waals surface area contributed by atoms with Crippen molar-refractivity contribution in [1.29, 1.82) is 0 Å². The lowest BCUT2D eigenvalue weighted by Crippen LogP contribution is -2.50. The summed E-state index contributed by atoms with van der Waals surface area (Å²) in [7, 11) is 0. The third kappa shape index (κ3) is 3.35. The van der Waals surface area contributed by atoms with Crippen molar-refractivity contribution in [1.82, 2.24) is 10.2 Å². The third-order valence-electron chi connectivity index (χ3n) is 5.27. The van der Waals surface area contributed by atoms with Crippen LogP contribution < -0.4 is 5.32 Å². The van der Waals surface area contributed by atoms with Crippen molar-refractivity contribution in [3.8, 4) is 0 Å². The molecule has 2 nitrogen and oxygen atoms in total. The molecule has 1 aromatic heterocycles. The van der Waals surface area contributed by atoms with E-state index < -0.39 is 0 Å². The SMILES string of the molecule is CCCNC1CC2CCC(C1)N2C(CCC)c1cccs1. The normalized spacial score (nSPS) is 30.7. The van der Waals surface area contributed by atoms with Gasteiger partial charge in [0, 0.05) is 29.0 Å². The van der Waals surface area contributed by atoms with Crippen LogP contribution >= 0.6 is 11.3 Å². The van der Waals surface area contributed by atoms with Crippen LogP contribution in [0.4, 0.5) is 0 Å². The van der Waals surface area contributed by atoms with Gasteiger partial charge in [-0.3, -0.25) is 4.90 Å². The fourth-order valence-corrected chi connectivity index (χ4v) is 5.30. The zero-order chi connectivity index (χ0) is 14.7. The summed E-state index contributed by atoms with van der Waals surface area (Å²) < 4.78 is 0. The van der Waals surface area contributed by atoms with Crippen LogP contribution in [0, 0.1) is 0 Å². The Bertz CT molecular complexity index is 403. The molecule has 0 radical (unpaired) electrons. The molecule has 3 rings (SSSR count). The van der Waals surface area contributed by atoms with Crippen molar-refractivity contribution in [3.05, 3.63) is 22.4 Å². The average molecular weight is 307 g/mol. The molecule has 2 aliphatic rings. The van der Waals surface area contributed by atoms with E-state index in [4.69, 9.17) is 0 Å². The Labute approximate surface area is 133 Å². The van der Waals surface area contributed by atoms with E-state index in [9.17, 15) is 0 Å². The number of rotatable bonds is 7. The van der Waals surface area contributed by atoms with Gasteiger partial charge in [0.2, 0.25) is 0 Å². The lowest BCUT2D eigenvalue weighted by Gasteiger charge is -2.43. The Morgan fingerprint density at radius 2 is 2.00 bits per heavy atom. The fraction of sp³-hybridized carbons (Fsp3) is 0.778. The molecule has 0 spiro atoms. The van der Waals surface area contributed by atoms with Crippen molar-refractivity contribution < 1.29 is 0 Å². The maximum atomic E-state index is 3.77. The van der Waals surface area contributed by atoms with E-state index in [0.717, 1.165) is 18.1 Å². The molecule has 2 saturated heterocycles. The number of fused-ring (bicyclic) bond motifs is 2. The van der Waals surface area contributed by atoms with E-state index in [1.807, 2.05) is 11.3 Å². The highest BCUT2D eigenvalue weighted by molar-refractivity contribution is 7.10. The van der Waals surface area contributed by atoms with Crippen LogP contribution in [0.25, 0.3) is 0 Å². The minimum Gasteiger partial charge on any atom is -0.314 e. The van der Waals surface area contributed by atoms with Gasteiger partial charge in [0.25, 0.3) is 0 Å². The van der Waals surface area contributed by atoms with Crippen LogP contribution in [0.5, 0.6) is 0 Å². The van der Waals surface area contributed by atoms with Gasteiger partial charge in [0.15, 0.2) is 0 Å². The first-order valence-corrected chi connectivity index (χ1v) is 9.75. The molecule has 2 fully saturated rings. The molecule has 2 aliphatic heterocycles. The third-order valence-corrected chi connectivity index (χ3v) is 6.24. The molecular formula is C18H30N2S. The summed E-state index contributed by atoms with van der Waals surface area (Å²) in [6.07, 6.45) is 9.42. The Morgan fingerprint density at radius 1 is 1.24 bits per heavy atom. The number of hydrogen-bond acceptors (Lipinski definition) is 3. The van der Waals surface area contributed by atoms with E-state index in [1.165, 1.54) is 51.5 Å². The molecule has 0 aromatic carbocycles. The van der Waals surface area contributed by atoms with Crippen molar-refractivity contribution >= 4 is 11.3 Å². The molecule has 2 bridgehead atoms. The maximum Gasteiger partial charge on any atom is 0.0447 e. The van der Waals surface area contributed by atoms with E-state index in [-0.39, 0.29) is 0 Å². The zero-order valence-corrected chi connectivity index (χ0v) is 14.4. The lowest BCUT2D eigenvalue weighted by atomic mass is 9.93. The van der Waals surface area contributed by atoms with Crippen molar-refractivity contribution in [2.75, 3.05) is 6.54 Å². The molecule has 0 saturated carbocycles. The molecular weight excluding hydrogens is 276 g/mol. The van der Waals surface area contributed by atoms with Gasteiger partial charge < -0.3 is 5.32 Å². The van der Waals surface area contributed by atoms with E-state index in [1.54, 1.807) is 4.88 Å². The molecule has 118 valence electrons. The molecule has 3 unspecified atom stereocenters. The highest BCUT2D eigenvalue weighted by Gasteiger charge is 2.43. The first kappa shape index (κ1) is 15.5. The summed E-state index contributed by atoms with van der Waals surface area (Å²) in [5.74, 6) is 0. The maximum absolute atomic E-state index is 3.77. The number of hydrogen-bond donors (Lipinski definition) is 1. The molecule has 1 N–H and O–H groups in total. The van der Waals surface area contributed by atoms with Gasteiger partial charge >= 0.3 is 0 Å². The Morgan fingerprint density at radius 3 is 2.57 bits per heavy atom. The van der Waals surface area contributed by atoms with Gasteiger partial charge in [-0.1, -0.05) is 26.3 Å². The van der Waals surface area contributed by atoms with Crippen molar-refractivity contribution in [3.63, 3.8) is 0 Å². The minimum atomic E-state index is 0.680. The Hall–Kier alpha value is -0.380. The summed E-state index contributed by atoms with van der Waals surface area (Å²) in [6.45, 7) is 5.79. The van der Waals surface area contributed by atoms with Crippen LogP contribution in [0.15, 0.2) is 17.5 Å². The van der Waals surface area contributed by atoms with Gasteiger partial charge in [0.1, 0.15) is 0 Å². The topological polar surface area (TPSA) is 15.3 Å². The monoisotopic (exact) mass is 306 g/mol. The second kappa shape index (κ2) is 7.26. The minimum absolute atomic E-state index is 0.680. The predicted molar refractivity (Wildman–Crippen MR) is 91.9 cm³/mol. The van der Waals surface area contributed by atoms with Crippen LogP contribution in [0.3, 0.4) is 0 Å². The summed E-state index contributed by atoms with van der Waals surface area (Å²) in [6, 6.07) is 7.66. The van der Waals surface area contributed by atoms with Gasteiger partial charge in [-0.2, -0.15) is 0 Å². The van der Waals surface area contributed by atoms with Gasteiger partial charge in [-0.15, -0.1) is 11.3 Å². The highest BCUT2D eigenvalue weighted by atomic mass is 32.1. The highest BCUT2D eigenvalue weighted by Crippen LogP contribution is 2.44. The van der Waals surface area contributed by atoms with E-state index in [0.29, 0.717) is 6.04 Å². The smallest absolute Gasteiger partial charge is 0.0447 e. The first-order chi connectivity index (χ1) is 10.3. The second-order valence-corrected chi connectivity index (χ2v) is 7.75. The molecule has 1 aromatic rings. The Kier molecular flexibility index (Phi) is 5.36. The first-order valence-electron chi connectivity index (χ1n) is 8.87. The number of thiophene rings is 1. The van der Waals surface area contributed by atoms with Gasteiger partial charge in [0.05, 0.1) is 0 Å². The van der Waals surface area contributed by atoms with Crippen LogP contribution in [-0.2, 0) is 0 Å². The zero-order valence-electron chi connectivity index (χ0n) is 13.6. The molecule has 3 heteroatoms. The fourth-order valence-electron chi connectivity index (χ4n) is 4.43. The molecule has 3 atom stereocenters.